The van der Waals surface area contributed by atoms with Crippen molar-refractivity contribution >= 4 is 17.2 Å². The number of nitrogens with two attached hydrogens (primary N) is 1. The molecule has 0 atom stereocenters. The number of nitrogens with one attached hydrogen (secondary N) is 1. The van der Waals surface area contributed by atoms with E-state index in [4.69, 9.17) is 5.73 Å². The van der Waals surface area contributed by atoms with Gasteiger partial charge in [-0.15, -0.1) is 0 Å². The van der Waals surface area contributed by atoms with Gasteiger partial charge < -0.3 is 11.1 Å². The molecule has 3 aromatic heterocycles. The van der Waals surface area contributed by atoms with E-state index in [9.17, 15) is 0 Å². The van der Waals surface area contributed by atoms with E-state index in [1.165, 1.54) is 0 Å². The minimum Gasteiger partial charge on any atom is -0.397 e. The Labute approximate surface area is 164 Å². The Balaban J connectivity index is 1.69. The maximum Gasteiger partial charge on any atom is 0.133 e. The zero-order valence-corrected chi connectivity index (χ0v) is 15.4. The van der Waals surface area contributed by atoms with Crippen molar-refractivity contribution in [3.63, 3.8) is 0 Å². The molecule has 0 amide bonds. The normalized spacial score (nSPS) is 10.8. The highest BCUT2D eigenvalue weighted by Gasteiger charge is 2.18. The lowest BCUT2D eigenvalue weighted by Crippen LogP contribution is -2.09. The van der Waals surface area contributed by atoms with E-state index in [0.717, 1.165) is 34.6 Å². The second kappa shape index (κ2) is 8.31. The van der Waals surface area contributed by atoms with E-state index in [0.29, 0.717) is 5.69 Å². The quantitative estimate of drug-likeness (QED) is 0.488. The van der Waals surface area contributed by atoms with Crippen molar-refractivity contribution in [2.75, 3.05) is 11.1 Å². The number of rotatable bonds is 6. The summed E-state index contributed by atoms with van der Waals surface area (Å²) in [5.74, 6) is 0.929. The number of benzene rings is 1. The zero-order chi connectivity index (χ0) is 19.2. The molecule has 0 unspecified atom stereocenters. The topological polar surface area (TPSA) is 76.7 Å². The van der Waals surface area contributed by atoms with Crippen molar-refractivity contribution in [2.24, 2.45) is 0 Å². The van der Waals surface area contributed by atoms with Gasteiger partial charge in [0, 0.05) is 36.9 Å². The standard InChI is InChI=1S/C23H21N5/c24-21-9-1-2-10-22(21)28-23-17(6-5-13-27-23)14-20(18-7-3-11-25-15-18)19-8-4-12-26-16-19/h1-13,15-16,20H,14,24H2,(H,27,28). The van der Waals surface area contributed by atoms with Crippen LogP contribution in [-0.2, 0) is 6.42 Å². The van der Waals surface area contributed by atoms with Crippen molar-refractivity contribution in [1.29, 1.82) is 0 Å². The van der Waals surface area contributed by atoms with Crippen LogP contribution < -0.4 is 11.1 Å². The summed E-state index contributed by atoms with van der Waals surface area (Å²) in [6.45, 7) is 0. The Kier molecular flexibility index (Phi) is 5.24. The molecule has 28 heavy (non-hydrogen) atoms. The summed E-state index contributed by atoms with van der Waals surface area (Å²) in [5.41, 5.74) is 11.0. The Morgan fingerprint density at radius 1 is 0.786 bits per heavy atom. The fourth-order valence-corrected chi connectivity index (χ4v) is 3.27. The maximum absolute atomic E-state index is 6.10. The first-order valence-corrected chi connectivity index (χ1v) is 9.16. The number of para-hydroxylation sites is 2. The molecule has 3 N–H and O–H groups in total. The molecule has 3 heterocycles. The summed E-state index contributed by atoms with van der Waals surface area (Å²) in [7, 11) is 0. The molecule has 0 saturated carbocycles. The largest absolute Gasteiger partial charge is 0.397 e. The lowest BCUT2D eigenvalue weighted by atomic mass is 9.87. The second-order valence-electron chi connectivity index (χ2n) is 6.55. The van der Waals surface area contributed by atoms with Gasteiger partial charge in [0.15, 0.2) is 0 Å². The molecule has 4 rings (SSSR count). The van der Waals surface area contributed by atoms with E-state index >= 15 is 0 Å². The van der Waals surface area contributed by atoms with E-state index in [1.807, 2.05) is 54.9 Å². The molecule has 0 aliphatic carbocycles. The number of hydrogen-bond donors (Lipinski definition) is 2. The molecule has 0 aliphatic rings. The molecule has 138 valence electrons. The summed E-state index contributed by atoms with van der Waals surface area (Å²) in [6, 6.07) is 19.9. The average molecular weight is 367 g/mol. The van der Waals surface area contributed by atoms with Crippen LogP contribution in [0.25, 0.3) is 0 Å². The van der Waals surface area contributed by atoms with Crippen molar-refractivity contribution in [1.82, 2.24) is 15.0 Å². The highest BCUT2D eigenvalue weighted by atomic mass is 15.0. The number of pyridine rings is 3. The molecule has 5 nitrogen and oxygen atoms in total. The summed E-state index contributed by atoms with van der Waals surface area (Å²) in [4.78, 5) is 13.2. The van der Waals surface area contributed by atoms with Crippen LogP contribution in [0.2, 0.25) is 0 Å². The molecular formula is C23H21N5. The second-order valence-corrected chi connectivity index (χ2v) is 6.55. The van der Waals surface area contributed by atoms with Crippen molar-refractivity contribution in [2.45, 2.75) is 12.3 Å². The van der Waals surface area contributed by atoms with Gasteiger partial charge in [0.1, 0.15) is 5.82 Å². The molecule has 0 aliphatic heterocycles. The fourth-order valence-electron chi connectivity index (χ4n) is 3.27. The predicted octanol–water partition coefficient (Wildman–Crippen LogP) is 4.57. The smallest absolute Gasteiger partial charge is 0.133 e. The minimum atomic E-state index is 0.125. The van der Waals surface area contributed by atoms with Gasteiger partial charge in [0.2, 0.25) is 0 Å². The number of hydrogen-bond acceptors (Lipinski definition) is 5. The van der Waals surface area contributed by atoms with Crippen molar-refractivity contribution < 1.29 is 0 Å². The molecule has 4 aromatic rings. The molecule has 0 fully saturated rings. The minimum absolute atomic E-state index is 0.125. The lowest BCUT2D eigenvalue weighted by molar-refractivity contribution is 0.793. The first-order valence-electron chi connectivity index (χ1n) is 9.16. The van der Waals surface area contributed by atoms with Crippen molar-refractivity contribution in [3.8, 4) is 0 Å². The van der Waals surface area contributed by atoms with E-state index in [-0.39, 0.29) is 5.92 Å². The summed E-state index contributed by atoms with van der Waals surface area (Å²) in [5, 5.41) is 3.38. The van der Waals surface area contributed by atoms with Gasteiger partial charge in [-0.3, -0.25) is 9.97 Å². The van der Waals surface area contributed by atoms with Gasteiger partial charge in [-0.05, 0) is 53.4 Å². The van der Waals surface area contributed by atoms with E-state index < -0.39 is 0 Å². The van der Waals surface area contributed by atoms with Crippen LogP contribution in [0, 0.1) is 0 Å². The van der Waals surface area contributed by atoms with Gasteiger partial charge in [-0.1, -0.05) is 30.3 Å². The van der Waals surface area contributed by atoms with Gasteiger partial charge in [-0.25, -0.2) is 4.98 Å². The summed E-state index contributed by atoms with van der Waals surface area (Å²) >= 11 is 0. The number of nitrogens with zero attached hydrogens (tertiary/aromatic N) is 3. The number of anilines is 3. The highest BCUT2D eigenvalue weighted by molar-refractivity contribution is 5.72. The average Bonchev–Trinajstić information content (AvgIpc) is 2.76. The monoisotopic (exact) mass is 367 g/mol. The third-order valence-corrected chi connectivity index (χ3v) is 4.70. The Morgan fingerprint density at radius 3 is 2.11 bits per heavy atom. The number of nitrogen functional groups attached to an aromatic ring is 1. The molecule has 0 saturated heterocycles. The lowest BCUT2D eigenvalue weighted by Gasteiger charge is -2.19. The Bertz CT molecular complexity index is 995. The maximum atomic E-state index is 6.10. The third-order valence-electron chi connectivity index (χ3n) is 4.70. The van der Waals surface area contributed by atoms with Crippen molar-refractivity contribution in [3.05, 3.63) is 108 Å². The molecule has 0 radical (unpaired) electrons. The molecule has 0 spiro atoms. The van der Waals surface area contributed by atoms with Gasteiger partial charge >= 0.3 is 0 Å². The summed E-state index contributed by atoms with van der Waals surface area (Å²) in [6.07, 6.45) is 9.96. The van der Waals surface area contributed by atoms with E-state index in [1.54, 1.807) is 18.6 Å². The highest BCUT2D eigenvalue weighted by Crippen LogP contribution is 2.31. The van der Waals surface area contributed by atoms with E-state index in [2.05, 4.69) is 38.5 Å². The van der Waals surface area contributed by atoms with Crippen LogP contribution in [-0.4, -0.2) is 15.0 Å². The first kappa shape index (κ1) is 17.7. The van der Waals surface area contributed by atoms with Crippen LogP contribution >= 0.6 is 0 Å². The van der Waals surface area contributed by atoms with Crippen LogP contribution in [0.4, 0.5) is 17.2 Å². The number of aromatic nitrogens is 3. The molecular weight excluding hydrogens is 346 g/mol. The molecule has 1 aromatic carbocycles. The fraction of sp³-hybridized carbons (Fsp3) is 0.0870. The first-order chi connectivity index (χ1) is 13.8. The molecule has 0 bridgehead atoms. The van der Waals surface area contributed by atoms with Crippen LogP contribution in [0.15, 0.2) is 91.6 Å². The molecule has 5 heteroatoms. The Morgan fingerprint density at radius 2 is 1.46 bits per heavy atom. The summed E-state index contributed by atoms with van der Waals surface area (Å²) < 4.78 is 0. The SMILES string of the molecule is Nc1ccccc1Nc1ncccc1CC(c1cccnc1)c1cccnc1. The van der Waals surface area contributed by atoms with Gasteiger partial charge in [0.05, 0.1) is 11.4 Å². The van der Waals surface area contributed by atoms with Crippen LogP contribution in [0.5, 0.6) is 0 Å². The predicted molar refractivity (Wildman–Crippen MR) is 112 cm³/mol. The van der Waals surface area contributed by atoms with Crippen LogP contribution in [0.3, 0.4) is 0 Å². The zero-order valence-electron chi connectivity index (χ0n) is 15.4. The third kappa shape index (κ3) is 3.99. The van der Waals surface area contributed by atoms with Crippen LogP contribution in [0.1, 0.15) is 22.6 Å². The van der Waals surface area contributed by atoms with Gasteiger partial charge in [-0.2, -0.15) is 0 Å². The Hall–Kier alpha value is -3.73. The van der Waals surface area contributed by atoms with Gasteiger partial charge in [0.25, 0.3) is 0 Å².